The highest BCUT2D eigenvalue weighted by molar-refractivity contribution is 5.78. The monoisotopic (exact) mass is 437 g/mol. The van der Waals surface area contributed by atoms with Gasteiger partial charge in [-0.15, -0.1) is 0 Å². The number of benzene rings is 2. The highest BCUT2D eigenvalue weighted by Crippen LogP contribution is 2.30. The van der Waals surface area contributed by atoms with Crippen LogP contribution < -0.4 is 19.5 Å². The second-order valence-corrected chi connectivity index (χ2v) is 8.61. The molecule has 0 aliphatic rings. The molecule has 32 heavy (non-hydrogen) atoms. The van der Waals surface area contributed by atoms with Crippen molar-refractivity contribution < 1.29 is 19.0 Å². The molecule has 1 heterocycles. The van der Waals surface area contributed by atoms with Gasteiger partial charge in [-0.3, -0.25) is 4.79 Å². The van der Waals surface area contributed by atoms with Crippen LogP contribution in [0.4, 0.5) is 0 Å². The van der Waals surface area contributed by atoms with Gasteiger partial charge < -0.3 is 24.1 Å². The summed E-state index contributed by atoms with van der Waals surface area (Å²) >= 11 is 0. The molecule has 1 amide bonds. The number of imidazole rings is 1. The molecule has 7 heteroatoms. The number of carbonyl (C=O) groups excluding carboxylic acids is 1. The molecule has 0 saturated carbocycles. The Bertz CT molecular complexity index is 1050. The topological polar surface area (TPSA) is 74.6 Å². The van der Waals surface area contributed by atoms with Gasteiger partial charge in [-0.1, -0.05) is 32.9 Å². The van der Waals surface area contributed by atoms with Crippen LogP contribution in [0.1, 0.15) is 43.8 Å². The Kier molecular flexibility index (Phi) is 7.08. The lowest BCUT2D eigenvalue weighted by molar-refractivity contribution is -0.123. The number of rotatable bonds is 8. The van der Waals surface area contributed by atoms with Crippen LogP contribution >= 0.6 is 0 Å². The Morgan fingerprint density at radius 1 is 1.06 bits per heavy atom. The molecule has 0 radical (unpaired) electrons. The molecule has 2 aromatic carbocycles. The lowest BCUT2D eigenvalue weighted by Gasteiger charge is -2.21. The molecular formula is C25H31N3O4. The zero-order chi connectivity index (χ0) is 23.3. The third kappa shape index (κ3) is 5.60. The SMILES string of the molecule is COc1cc(OC)cc([C@@H](NC(=O)COc2cccc(C(C)(C)C)c2)c2nccn2C)c1. The van der Waals surface area contributed by atoms with Gasteiger partial charge in [0, 0.05) is 25.5 Å². The summed E-state index contributed by atoms with van der Waals surface area (Å²) in [6.07, 6.45) is 3.53. The van der Waals surface area contributed by atoms with Crippen molar-refractivity contribution in [3.63, 3.8) is 0 Å². The standard InChI is InChI=1S/C25H31N3O4/c1-25(2,3)18-8-7-9-19(14-18)32-16-22(29)27-23(24-26-10-11-28(24)4)17-12-20(30-5)15-21(13-17)31-6/h7-15,23H,16H2,1-6H3,(H,27,29)/t23-/m1/s1. The Morgan fingerprint density at radius 2 is 1.75 bits per heavy atom. The maximum atomic E-state index is 12.9. The lowest BCUT2D eigenvalue weighted by Crippen LogP contribution is -2.34. The molecular weight excluding hydrogens is 406 g/mol. The lowest BCUT2D eigenvalue weighted by atomic mass is 9.87. The van der Waals surface area contributed by atoms with Crippen LogP contribution in [0.25, 0.3) is 0 Å². The van der Waals surface area contributed by atoms with E-state index in [9.17, 15) is 4.79 Å². The number of nitrogens with zero attached hydrogens (tertiary/aromatic N) is 2. The van der Waals surface area contributed by atoms with Crippen LogP contribution in [-0.2, 0) is 17.3 Å². The van der Waals surface area contributed by atoms with E-state index in [0.29, 0.717) is 23.1 Å². The van der Waals surface area contributed by atoms with Crippen molar-refractivity contribution in [3.05, 3.63) is 71.8 Å². The molecule has 0 spiro atoms. The van der Waals surface area contributed by atoms with Crippen molar-refractivity contribution in [1.82, 2.24) is 14.9 Å². The van der Waals surface area contributed by atoms with Crippen LogP contribution in [0.2, 0.25) is 0 Å². The summed E-state index contributed by atoms with van der Waals surface area (Å²) in [5, 5.41) is 3.04. The van der Waals surface area contributed by atoms with Crippen molar-refractivity contribution in [2.75, 3.05) is 20.8 Å². The number of hydrogen-bond donors (Lipinski definition) is 1. The summed E-state index contributed by atoms with van der Waals surface area (Å²) in [4.78, 5) is 17.3. The maximum absolute atomic E-state index is 12.9. The smallest absolute Gasteiger partial charge is 0.258 e. The maximum Gasteiger partial charge on any atom is 0.258 e. The van der Waals surface area contributed by atoms with Crippen LogP contribution in [-0.4, -0.2) is 36.3 Å². The summed E-state index contributed by atoms with van der Waals surface area (Å²) < 4.78 is 18.5. The first-order chi connectivity index (χ1) is 15.2. The summed E-state index contributed by atoms with van der Waals surface area (Å²) in [5.74, 6) is 2.33. The number of carbonyl (C=O) groups is 1. The van der Waals surface area contributed by atoms with Crippen molar-refractivity contribution in [2.45, 2.75) is 32.2 Å². The molecule has 7 nitrogen and oxygen atoms in total. The Balaban J connectivity index is 1.81. The number of aromatic nitrogens is 2. The fourth-order valence-corrected chi connectivity index (χ4v) is 3.35. The molecule has 0 bridgehead atoms. The van der Waals surface area contributed by atoms with Crippen molar-refractivity contribution in [3.8, 4) is 17.2 Å². The average Bonchev–Trinajstić information content (AvgIpc) is 3.20. The summed E-state index contributed by atoms with van der Waals surface area (Å²) in [5.41, 5.74) is 1.93. The van der Waals surface area contributed by atoms with Gasteiger partial charge >= 0.3 is 0 Å². The number of methoxy groups -OCH3 is 2. The first-order valence-electron chi connectivity index (χ1n) is 10.4. The first-order valence-corrected chi connectivity index (χ1v) is 10.4. The van der Waals surface area contributed by atoms with E-state index in [2.05, 4.69) is 37.1 Å². The Labute approximate surface area is 189 Å². The molecule has 1 aromatic heterocycles. The molecule has 170 valence electrons. The zero-order valence-corrected chi connectivity index (χ0v) is 19.5. The van der Waals surface area contributed by atoms with Crippen molar-refractivity contribution >= 4 is 5.91 Å². The van der Waals surface area contributed by atoms with E-state index in [1.54, 1.807) is 26.5 Å². The van der Waals surface area contributed by atoms with Crippen LogP contribution in [0.15, 0.2) is 54.9 Å². The molecule has 0 aliphatic carbocycles. The minimum absolute atomic E-state index is 0.00362. The fourth-order valence-electron chi connectivity index (χ4n) is 3.35. The van der Waals surface area contributed by atoms with Gasteiger partial charge in [-0.25, -0.2) is 4.98 Å². The predicted molar refractivity (Wildman–Crippen MR) is 123 cm³/mol. The Hall–Kier alpha value is -3.48. The number of hydrogen-bond acceptors (Lipinski definition) is 5. The number of aryl methyl sites for hydroxylation is 1. The van der Waals surface area contributed by atoms with E-state index in [1.165, 1.54) is 0 Å². The van der Waals surface area contributed by atoms with Gasteiger partial charge in [0.15, 0.2) is 6.61 Å². The van der Waals surface area contributed by atoms with Gasteiger partial charge in [-0.2, -0.15) is 0 Å². The molecule has 0 saturated heterocycles. The first kappa shape index (κ1) is 23.2. The van der Waals surface area contributed by atoms with Gasteiger partial charge in [0.05, 0.1) is 14.2 Å². The molecule has 0 aliphatic heterocycles. The number of ether oxygens (including phenoxy) is 3. The van der Waals surface area contributed by atoms with Gasteiger partial charge in [0.1, 0.15) is 29.1 Å². The normalized spacial score (nSPS) is 12.2. The fraction of sp³-hybridized carbons (Fsp3) is 0.360. The van der Waals surface area contributed by atoms with E-state index in [-0.39, 0.29) is 17.9 Å². The summed E-state index contributed by atoms with van der Waals surface area (Å²) in [6, 6.07) is 12.8. The van der Waals surface area contributed by atoms with E-state index in [4.69, 9.17) is 14.2 Å². The van der Waals surface area contributed by atoms with Crippen molar-refractivity contribution in [2.24, 2.45) is 7.05 Å². The van der Waals surface area contributed by atoms with E-state index < -0.39 is 6.04 Å². The molecule has 1 atom stereocenters. The molecule has 0 unspecified atom stereocenters. The van der Waals surface area contributed by atoms with Gasteiger partial charge in [0.25, 0.3) is 5.91 Å². The highest BCUT2D eigenvalue weighted by atomic mass is 16.5. The quantitative estimate of drug-likeness (QED) is 0.576. The van der Waals surface area contributed by atoms with Crippen molar-refractivity contribution in [1.29, 1.82) is 0 Å². The minimum atomic E-state index is -0.504. The van der Waals surface area contributed by atoms with E-state index in [0.717, 1.165) is 11.1 Å². The predicted octanol–water partition coefficient (Wildman–Crippen LogP) is 4.02. The summed E-state index contributed by atoms with van der Waals surface area (Å²) in [6.45, 7) is 6.30. The molecule has 3 rings (SSSR count). The Morgan fingerprint density at radius 3 is 2.31 bits per heavy atom. The zero-order valence-electron chi connectivity index (χ0n) is 19.5. The van der Waals surface area contributed by atoms with Crippen LogP contribution in [0, 0.1) is 0 Å². The third-order valence-electron chi connectivity index (χ3n) is 5.20. The van der Waals surface area contributed by atoms with E-state index in [1.807, 2.05) is 48.1 Å². The van der Waals surface area contributed by atoms with Gasteiger partial charge in [-0.05, 0) is 40.8 Å². The minimum Gasteiger partial charge on any atom is -0.497 e. The largest absolute Gasteiger partial charge is 0.497 e. The summed E-state index contributed by atoms with van der Waals surface area (Å²) in [7, 11) is 5.06. The van der Waals surface area contributed by atoms with Crippen LogP contribution in [0.5, 0.6) is 17.2 Å². The molecule has 1 N–H and O–H groups in total. The van der Waals surface area contributed by atoms with E-state index >= 15 is 0 Å². The third-order valence-corrected chi connectivity index (χ3v) is 5.20. The number of nitrogens with one attached hydrogen (secondary N) is 1. The van der Waals surface area contributed by atoms with Gasteiger partial charge in [0.2, 0.25) is 0 Å². The highest BCUT2D eigenvalue weighted by Gasteiger charge is 2.23. The second-order valence-electron chi connectivity index (χ2n) is 8.61. The molecule has 0 fully saturated rings. The average molecular weight is 438 g/mol. The number of amides is 1. The molecule has 3 aromatic rings. The van der Waals surface area contributed by atoms with Crippen LogP contribution in [0.3, 0.4) is 0 Å². The second kappa shape index (κ2) is 9.77.